The second kappa shape index (κ2) is 6.97. The maximum Gasteiger partial charge on any atom is 0.239 e. The van der Waals surface area contributed by atoms with Crippen molar-refractivity contribution in [2.45, 2.75) is 63.1 Å². The summed E-state index contributed by atoms with van der Waals surface area (Å²) in [6.07, 6.45) is 7.52. The first-order valence-electron chi connectivity index (χ1n) is 7.89. The topological polar surface area (TPSA) is 61.4 Å². The van der Waals surface area contributed by atoms with Gasteiger partial charge in [0.25, 0.3) is 0 Å². The van der Waals surface area contributed by atoms with Crippen molar-refractivity contribution in [1.29, 1.82) is 0 Å². The van der Waals surface area contributed by atoms with Gasteiger partial charge in [0.1, 0.15) is 0 Å². The van der Waals surface area contributed by atoms with Gasteiger partial charge in [0.15, 0.2) is 0 Å². The van der Waals surface area contributed by atoms with E-state index in [1.807, 2.05) is 0 Å². The molecule has 120 valence electrons. The monoisotopic (exact) mass is 315 g/mol. The molecular weight excluding hydrogens is 290 g/mol. The average molecular weight is 316 g/mol. The standard InChI is InChI=1S/C15H25N3O2.ClH/c1-18(9-14(19)17-11-2-3-11)15(20)8-10-6-12-4-5-13(7-10)16-12;/h10-13,16H,2-9H2,1H3,(H,17,19);1H. The van der Waals surface area contributed by atoms with Crippen LogP contribution in [0.1, 0.15) is 44.9 Å². The molecule has 2 atom stereocenters. The molecule has 2 amide bonds. The largest absolute Gasteiger partial charge is 0.352 e. The molecule has 1 saturated carbocycles. The van der Waals surface area contributed by atoms with Crippen molar-refractivity contribution in [2.24, 2.45) is 5.92 Å². The minimum Gasteiger partial charge on any atom is -0.352 e. The molecule has 3 rings (SSSR count). The van der Waals surface area contributed by atoms with Crippen molar-refractivity contribution >= 4 is 24.2 Å². The Morgan fingerprint density at radius 3 is 2.33 bits per heavy atom. The first-order chi connectivity index (χ1) is 9.60. The molecule has 1 aliphatic carbocycles. The van der Waals surface area contributed by atoms with Crippen LogP contribution in [0.3, 0.4) is 0 Å². The van der Waals surface area contributed by atoms with E-state index in [1.54, 1.807) is 11.9 Å². The third-order valence-electron chi connectivity index (χ3n) is 4.78. The van der Waals surface area contributed by atoms with Gasteiger partial charge in [0, 0.05) is 31.6 Å². The van der Waals surface area contributed by atoms with Crippen molar-refractivity contribution in [3.05, 3.63) is 0 Å². The summed E-state index contributed by atoms with van der Waals surface area (Å²) in [6, 6.07) is 1.61. The highest BCUT2D eigenvalue weighted by atomic mass is 35.5. The van der Waals surface area contributed by atoms with Crippen LogP contribution in [0, 0.1) is 5.92 Å². The van der Waals surface area contributed by atoms with Crippen LogP contribution in [0.2, 0.25) is 0 Å². The molecule has 5 nitrogen and oxygen atoms in total. The third-order valence-corrected chi connectivity index (χ3v) is 4.78. The summed E-state index contributed by atoms with van der Waals surface area (Å²) in [5.41, 5.74) is 0. The highest BCUT2D eigenvalue weighted by molar-refractivity contribution is 5.85. The first kappa shape index (κ1) is 16.6. The van der Waals surface area contributed by atoms with E-state index in [2.05, 4.69) is 10.6 Å². The van der Waals surface area contributed by atoms with Gasteiger partial charge in [-0.15, -0.1) is 12.4 Å². The molecule has 2 bridgehead atoms. The highest BCUT2D eigenvalue weighted by Crippen LogP contribution is 2.32. The lowest BCUT2D eigenvalue weighted by molar-refractivity contribution is -0.135. The Hall–Kier alpha value is -0.810. The number of fused-ring (bicyclic) bond motifs is 2. The zero-order chi connectivity index (χ0) is 14.1. The zero-order valence-electron chi connectivity index (χ0n) is 12.6. The molecule has 2 aliphatic heterocycles. The summed E-state index contributed by atoms with van der Waals surface area (Å²) >= 11 is 0. The van der Waals surface area contributed by atoms with E-state index in [4.69, 9.17) is 0 Å². The SMILES string of the molecule is CN(CC(=O)NC1CC1)C(=O)CC1CC2CCC(C1)N2.Cl. The predicted octanol–water partition coefficient (Wildman–Crippen LogP) is 1.07. The summed E-state index contributed by atoms with van der Waals surface area (Å²) < 4.78 is 0. The number of carbonyl (C=O) groups excluding carboxylic acids is 2. The maximum absolute atomic E-state index is 12.2. The highest BCUT2D eigenvalue weighted by Gasteiger charge is 2.34. The van der Waals surface area contributed by atoms with Crippen molar-refractivity contribution < 1.29 is 9.59 Å². The number of hydrogen-bond acceptors (Lipinski definition) is 3. The maximum atomic E-state index is 12.2. The smallest absolute Gasteiger partial charge is 0.239 e. The molecule has 3 aliphatic rings. The van der Waals surface area contributed by atoms with Crippen molar-refractivity contribution in [3.8, 4) is 0 Å². The minimum atomic E-state index is -0.0197. The van der Waals surface area contributed by atoms with Crippen LogP contribution in [0.4, 0.5) is 0 Å². The number of nitrogens with zero attached hydrogens (tertiary/aromatic N) is 1. The molecule has 2 N–H and O–H groups in total. The van der Waals surface area contributed by atoms with Crippen LogP contribution in [0.15, 0.2) is 0 Å². The Morgan fingerprint density at radius 1 is 1.14 bits per heavy atom. The number of piperidine rings is 1. The predicted molar refractivity (Wildman–Crippen MR) is 83.3 cm³/mol. The Morgan fingerprint density at radius 2 is 1.76 bits per heavy atom. The van der Waals surface area contributed by atoms with Gasteiger partial charge >= 0.3 is 0 Å². The molecule has 2 saturated heterocycles. The van der Waals surface area contributed by atoms with Crippen LogP contribution in [0.5, 0.6) is 0 Å². The Balaban J connectivity index is 0.00000161. The summed E-state index contributed by atoms with van der Waals surface area (Å²) in [6.45, 7) is 0.202. The van der Waals surface area contributed by atoms with Gasteiger partial charge in [-0.2, -0.15) is 0 Å². The molecule has 6 heteroatoms. The van der Waals surface area contributed by atoms with Crippen LogP contribution < -0.4 is 10.6 Å². The van der Waals surface area contributed by atoms with E-state index >= 15 is 0 Å². The third kappa shape index (κ3) is 4.58. The van der Waals surface area contributed by atoms with E-state index in [0.717, 1.165) is 25.7 Å². The number of carbonyl (C=O) groups is 2. The fourth-order valence-electron chi connectivity index (χ4n) is 3.55. The fourth-order valence-corrected chi connectivity index (χ4v) is 3.55. The Labute approximate surface area is 132 Å². The zero-order valence-corrected chi connectivity index (χ0v) is 13.5. The minimum absolute atomic E-state index is 0. The number of hydrogen-bond donors (Lipinski definition) is 2. The molecule has 0 aromatic heterocycles. The van der Waals surface area contributed by atoms with Crippen molar-refractivity contribution in [1.82, 2.24) is 15.5 Å². The van der Waals surface area contributed by atoms with Gasteiger partial charge in [-0.25, -0.2) is 0 Å². The summed E-state index contributed by atoms with van der Waals surface area (Å²) in [5.74, 6) is 0.589. The molecule has 2 heterocycles. The van der Waals surface area contributed by atoms with Gasteiger partial charge in [-0.05, 0) is 44.4 Å². The molecular formula is C15H26ClN3O2. The Bertz CT molecular complexity index is 388. The Kier molecular flexibility index (Phi) is 5.49. The summed E-state index contributed by atoms with van der Waals surface area (Å²) in [7, 11) is 1.74. The van der Waals surface area contributed by atoms with Gasteiger partial charge in [0.05, 0.1) is 6.54 Å². The lowest BCUT2D eigenvalue weighted by Gasteiger charge is -2.29. The molecule has 3 fully saturated rings. The number of amides is 2. The average Bonchev–Trinajstić information content (AvgIpc) is 3.13. The van der Waals surface area contributed by atoms with Crippen molar-refractivity contribution in [3.63, 3.8) is 0 Å². The summed E-state index contributed by atoms with van der Waals surface area (Å²) in [5, 5.41) is 6.52. The van der Waals surface area contributed by atoms with Crippen LogP contribution >= 0.6 is 12.4 Å². The quantitative estimate of drug-likeness (QED) is 0.797. The van der Waals surface area contributed by atoms with E-state index < -0.39 is 0 Å². The summed E-state index contributed by atoms with van der Waals surface area (Å²) in [4.78, 5) is 25.5. The van der Waals surface area contributed by atoms with Gasteiger partial charge in [0.2, 0.25) is 11.8 Å². The van der Waals surface area contributed by atoms with Crippen LogP contribution in [-0.2, 0) is 9.59 Å². The van der Waals surface area contributed by atoms with Crippen LogP contribution in [-0.4, -0.2) is 48.4 Å². The van der Waals surface area contributed by atoms with E-state index in [9.17, 15) is 9.59 Å². The number of likely N-dealkylation sites (N-methyl/N-ethyl adjacent to an activating group) is 1. The van der Waals surface area contributed by atoms with E-state index in [0.29, 0.717) is 30.5 Å². The molecule has 0 spiro atoms. The molecule has 21 heavy (non-hydrogen) atoms. The van der Waals surface area contributed by atoms with E-state index in [1.165, 1.54) is 12.8 Å². The number of nitrogens with one attached hydrogen (secondary N) is 2. The normalized spacial score (nSPS) is 30.4. The molecule has 0 radical (unpaired) electrons. The lowest BCUT2D eigenvalue weighted by Crippen LogP contribution is -2.42. The van der Waals surface area contributed by atoms with Gasteiger partial charge < -0.3 is 15.5 Å². The first-order valence-corrected chi connectivity index (χ1v) is 7.89. The van der Waals surface area contributed by atoms with Crippen LogP contribution in [0.25, 0.3) is 0 Å². The van der Waals surface area contributed by atoms with Gasteiger partial charge in [-0.1, -0.05) is 0 Å². The van der Waals surface area contributed by atoms with Crippen molar-refractivity contribution in [2.75, 3.05) is 13.6 Å². The lowest BCUT2D eigenvalue weighted by atomic mass is 9.89. The molecule has 0 aromatic rings. The molecule has 2 unspecified atom stereocenters. The number of rotatable bonds is 5. The second-order valence-electron chi connectivity index (χ2n) is 6.77. The van der Waals surface area contributed by atoms with Gasteiger partial charge in [-0.3, -0.25) is 9.59 Å². The molecule has 0 aromatic carbocycles. The fraction of sp³-hybridized carbons (Fsp3) is 0.867. The number of halogens is 1. The second-order valence-corrected chi connectivity index (χ2v) is 6.77. The van der Waals surface area contributed by atoms with E-state index in [-0.39, 0.29) is 30.8 Å².